The van der Waals surface area contributed by atoms with Crippen LogP contribution in [0.15, 0.2) is 60.7 Å². The van der Waals surface area contributed by atoms with Crippen molar-refractivity contribution in [2.45, 2.75) is 33.2 Å². The third kappa shape index (κ3) is 5.48. The average Bonchev–Trinajstić information content (AvgIpc) is 2.56. The van der Waals surface area contributed by atoms with Crippen molar-refractivity contribution in [2.24, 2.45) is 5.41 Å². The molecule has 0 radical (unpaired) electrons. The first kappa shape index (κ1) is 18.2. The third-order valence-electron chi connectivity index (χ3n) is 3.78. The molecule has 0 aliphatic heterocycles. The number of hydrogen-bond donors (Lipinski definition) is 1. The number of ether oxygens (including phenoxy) is 2. The van der Waals surface area contributed by atoms with Gasteiger partial charge in [0.2, 0.25) is 0 Å². The summed E-state index contributed by atoms with van der Waals surface area (Å²) < 4.78 is 11.4. The highest BCUT2D eigenvalue weighted by atomic mass is 16.5. The van der Waals surface area contributed by atoms with Crippen LogP contribution < -0.4 is 0 Å². The minimum absolute atomic E-state index is 0.264. The van der Waals surface area contributed by atoms with E-state index in [0.29, 0.717) is 13.2 Å². The molecule has 1 unspecified atom stereocenters. The van der Waals surface area contributed by atoms with Crippen LogP contribution in [0.3, 0.4) is 0 Å². The lowest BCUT2D eigenvalue weighted by Gasteiger charge is -2.31. The predicted molar refractivity (Wildman–Crippen MR) is 92.5 cm³/mol. The second-order valence-electron chi connectivity index (χ2n) is 6.48. The fraction of sp³-hybridized carbons (Fsp3) is 0.350. The lowest BCUT2D eigenvalue weighted by atomic mass is 9.87. The first-order valence-corrected chi connectivity index (χ1v) is 7.99. The largest absolute Gasteiger partial charge is 0.479 e. The van der Waals surface area contributed by atoms with Gasteiger partial charge in [0.1, 0.15) is 0 Å². The summed E-state index contributed by atoms with van der Waals surface area (Å²) in [5.41, 5.74) is 1.37. The van der Waals surface area contributed by atoms with Gasteiger partial charge in [-0.3, -0.25) is 0 Å². The molecule has 0 aliphatic rings. The highest BCUT2D eigenvalue weighted by Gasteiger charge is 2.36. The van der Waals surface area contributed by atoms with Crippen molar-refractivity contribution in [3.8, 4) is 0 Å². The maximum absolute atomic E-state index is 11.6. The number of hydrogen-bond acceptors (Lipinski definition) is 3. The molecule has 0 heterocycles. The van der Waals surface area contributed by atoms with E-state index in [1.165, 1.54) is 0 Å². The summed E-state index contributed by atoms with van der Waals surface area (Å²) in [4.78, 5) is 11.6. The summed E-state index contributed by atoms with van der Waals surface area (Å²) >= 11 is 0. The Bertz CT molecular complexity index is 623. The van der Waals surface area contributed by atoms with Gasteiger partial charge in [-0.15, -0.1) is 0 Å². The summed E-state index contributed by atoms with van der Waals surface area (Å²) in [7, 11) is 0. The fourth-order valence-electron chi connectivity index (χ4n) is 2.47. The Morgan fingerprint density at radius 3 is 1.96 bits per heavy atom. The Hall–Kier alpha value is -2.17. The van der Waals surface area contributed by atoms with E-state index in [0.717, 1.165) is 11.1 Å². The van der Waals surface area contributed by atoms with Gasteiger partial charge in [0.25, 0.3) is 0 Å². The zero-order valence-electron chi connectivity index (χ0n) is 14.1. The number of carboxylic acid groups (broad SMARTS) is 1. The van der Waals surface area contributed by atoms with Crippen molar-refractivity contribution in [3.05, 3.63) is 71.8 Å². The van der Waals surface area contributed by atoms with E-state index in [2.05, 4.69) is 0 Å². The molecule has 4 nitrogen and oxygen atoms in total. The maximum Gasteiger partial charge on any atom is 0.333 e. The lowest BCUT2D eigenvalue weighted by molar-refractivity contribution is -0.164. The Labute approximate surface area is 143 Å². The van der Waals surface area contributed by atoms with Crippen molar-refractivity contribution >= 4 is 5.97 Å². The minimum Gasteiger partial charge on any atom is -0.479 e. The summed E-state index contributed by atoms with van der Waals surface area (Å²) in [5, 5.41) is 9.52. The van der Waals surface area contributed by atoms with Crippen LogP contribution in [-0.4, -0.2) is 23.8 Å². The summed E-state index contributed by atoms with van der Waals surface area (Å²) in [6.45, 7) is 4.71. The predicted octanol–water partition coefficient (Wildman–Crippen LogP) is 3.90. The maximum atomic E-state index is 11.6. The number of carbonyl (C=O) groups is 1. The molecule has 2 aromatic rings. The van der Waals surface area contributed by atoms with Crippen LogP contribution in [0.5, 0.6) is 0 Å². The van der Waals surface area contributed by atoms with Gasteiger partial charge < -0.3 is 14.6 Å². The van der Waals surface area contributed by atoms with Gasteiger partial charge in [0.05, 0.1) is 19.8 Å². The molecule has 0 aliphatic carbocycles. The lowest BCUT2D eigenvalue weighted by Crippen LogP contribution is -2.42. The van der Waals surface area contributed by atoms with E-state index in [-0.39, 0.29) is 6.61 Å². The normalized spacial score (nSPS) is 12.8. The zero-order chi connectivity index (χ0) is 17.4. The van der Waals surface area contributed by atoms with Gasteiger partial charge >= 0.3 is 5.97 Å². The Morgan fingerprint density at radius 2 is 1.46 bits per heavy atom. The van der Waals surface area contributed by atoms with Crippen molar-refractivity contribution < 1.29 is 19.4 Å². The molecule has 1 N–H and O–H groups in total. The van der Waals surface area contributed by atoms with E-state index in [1.54, 1.807) is 0 Å². The molecule has 0 bridgehead atoms. The van der Waals surface area contributed by atoms with Crippen LogP contribution in [0.4, 0.5) is 0 Å². The van der Waals surface area contributed by atoms with E-state index in [4.69, 9.17) is 9.47 Å². The highest BCUT2D eigenvalue weighted by Crippen LogP contribution is 2.26. The van der Waals surface area contributed by atoms with Gasteiger partial charge in [0.15, 0.2) is 6.10 Å². The molecule has 0 saturated carbocycles. The molecular weight excluding hydrogens is 304 g/mol. The smallest absolute Gasteiger partial charge is 0.333 e. The minimum atomic E-state index is -0.973. The molecule has 128 valence electrons. The van der Waals surface area contributed by atoms with Gasteiger partial charge in [0, 0.05) is 5.41 Å². The van der Waals surface area contributed by atoms with E-state index < -0.39 is 17.5 Å². The molecule has 4 heteroatoms. The van der Waals surface area contributed by atoms with Gasteiger partial charge in [-0.2, -0.15) is 0 Å². The summed E-state index contributed by atoms with van der Waals surface area (Å²) in [5.74, 6) is -0.973. The highest BCUT2D eigenvalue weighted by molar-refractivity contribution is 5.73. The molecule has 24 heavy (non-hydrogen) atoms. The zero-order valence-corrected chi connectivity index (χ0v) is 14.1. The van der Waals surface area contributed by atoms with Crippen LogP contribution in [0.1, 0.15) is 25.0 Å². The van der Waals surface area contributed by atoms with Gasteiger partial charge in [-0.1, -0.05) is 74.5 Å². The van der Waals surface area contributed by atoms with Crippen molar-refractivity contribution in [1.82, 2.24) is 0 Å². The number of benzene rings is 2. The van der Waals surface area contributed by atoms with Crippen LogP contribution in [-0.2, 0) is 27.5 Å². The third-order valence-corrected chi connectivity index (χ3v) is 3.78. The molecular formula is C20H24O4. The van der Waals surface area contributed by atoms with E-state index >= 15 is 0 Å². The summed E-state index contributed by atoms with van der Waals surface area (Å²) in [6.07, 6.45) is -0.937. The van der Waals surface area contributed by atoms with E-state index in [9.17, 15) is 9.90 Å². The number of carboxylic acids is 1. The standard InChI is InChI=1S/C20H24O4/c1-20(2,15-23-13-16-9-5-3-6-10-16)18(19(21)22)24-14-17-11-7-4-8-12-17/h3-12,18H,13-15H2,1-2H3,(H,21,22). The Kier molecular flexibility index (Phi) is 6.53. The molecule has 0 amide bonds. The number of aliphatic carboxylic acids is 1. The topological polar surface area (TPSA) is 55.8 Å². The average molecular weight is 328 g/mol. The molecule has 0 spiro atoms. The molecule has 0 aromatic heterocycles. The second-order valence-corrected chi connectivity index (χ2v) is 6.48. The van der Waals surface area contributed by atoms with Crippen LogP contribution in [0.25, 0.3) is 0 Å². The van der Waals surface area contributed by atoms with Crippen molar-refractivity contribution in [1.29, 1.82) is 0 Å². The quantitative estimate of drug-likeness (QED) is 0.758. The molecule has 2 rings (SSSR count). The van der Waals surface area contributed by atoms with Gasteiger partial charge in [-0.05, 0) is 11.1 Å². The van der Waals surface area contributed by atoms with Gasteiger partial charge in [-0.25, -0.2) is 4.79 Å². The van der Waals surface area contributed by atoms with E-state index in [1.807, 2.05) is 74.5 Å². The summed E-state index contributed by atoms with van der Waals surface area (Å²) in [6, 6.07) is 19.4. The van der Waals surface area contributed by atoms with Crippen molar-refractivity contribution in [3.63, 3.8) is 0 Å². The van der Waals surface area contributed by atoms with Crippen LogP contribution in [0, 0.1) is 5.41 Å². The monoisotopic (exact) mass is 328 g/mol. The molecule has 1 atom stereocenters. The Balaban J connectivity index is 1.90. The Morgan fingerprint density at radius 1 is 0.958 bits per heavy atom. The first-order valence-electron chi connectivity index (χ1n) is 7.99. The second kappa shape index (κ2) is 8.62. The first-order chi connectivity index (χ1) is 11.5. The number of rotatable bonds is 9. The van der Waals surface area contributed by atoms with Crippen LogP contribution >= 0.6 is 0 Å². The fourth-order valence-corrected chi connectivity index (χ4v) is 2.47. The van der Waals surface area contributed by atoms with Crippen LogP contribution in [0.2, 0.25) is 0 Å². The van der Waals surface area contributed by atoms with Crippen molar-refractivity contribution in [2.75, 3.05) is 6.61 Å². The molecule has 0 saturated heterocycles. The molecule has 0 fully saturated rings. The molecule has 2 aromatic carbocycles. The SMILES string of the molecule is CC(C)(COCc1ccccc1)C(OCc1ccccc1)C(=O)O.